The second-order valence-corrected chi connectivity index (χ2v) is 2.41. The van der Waals surface area contributed by atoms with Crippen LogP contribution in [-0.4, -0.2) is 5.88 Å². The lowest BCUT2D eigenvalue weighted by Crippen LogP contribution is -1.74. The molecule has 1 aromatic carbocycles. The minimum absolute atomic E-state index is 0.268. The molecule has 0 fully saturated rings. The van der Waals surface area contributed by atoms with Gasteiger partial charge < -0.3 is 0 Å². The fourth-order valence-corrected chi connectivity index (χ4v) is 0.910. The second kappa shape index (κ2) is 5.10. The Bertz CT molecular complexity index is 397. The number of azide groups is 1. The van der Waals surface area contributed by atoms with Gasteiger partial charge in [0.05, 0.1) is 11.6 Å². The molecule has 4 heteroatoms. The van der Waals surface area contributed by atoms with Crippen LogP contribution in [0.3, 0.4) is 0 Å². The molecule has 64 valence electrons. The molecule has 0 aliphatic heterocycles. The zero-order chi connectivity index (χ0) is 9.52. The average Bonchev–Trinajstić information content (AvgIpc) is 2.17. The minimum atomic E-state index is 0.268. The van der Waals surface area contributed by atoms with Gasteiger partial charge in [-0.2, -0.15) is 0 Å². The molecule has 0 radical (unpaired) electrons. The summed E-state index contributed by atoms with van der Waals surface area (Å²) in [5.74, 6) is 5.76. The zero-order valence-electron chi connectivity index (χ0n) is 6.74. The van der Waals surface area contributed by atoms with Crippen LogP contribution < -0.4 is 0 Å². The maximum atomic E-state index is 8.25. The maximum absolute atomic E-state index is 8.25. The summed E-state index contributed by atoms with van der Waals surface area (Å²) >= 11 is 5.40. The summed E-state index contributed by atoms with van der Waals surface area (Å²) in [6.07, 6.45) is 0. The molecule has 3 nitrogen and oxygen atoms in total. The summed E-state index contributed by atoms with van der Waals surface area (Å²) in [5.41, 5.74) is 9.48. The van der Waals surface area contributed by atoms with Gasteiger partial charge in [0.25, 0.3) is 0 Å². The Kier molecular flexibility index (Phi) is 3.72. The van der Waals surface area contributed by atoms with E-state index in [1.165, 1.54) is 0 Å². The fourth-order valence-electron chi connectivity index (χ4n) is 0.843. The van der Waals surface area contributed by atoms with Crippen LogP contribution in [0.4, 0.5) is 5.69 Å². The molecule has 0 aliphatic rings. The van der Waals surface area contributed by atoms with Crippen LogP contribution in [0.25, 0.3) is 10.4 Å². The number of nitrogens with zero attached hydrogens (tertiary/aromatic N) is 3. The lowest BCUT2D eigenvalue weighted by atomic mass is 10.2. The van der Waals surface area contributed by atoms with Crippen LogP contribution in [0.5, 0.6) is 0 Å². The van der Waals surface area contributed by atoms with Crippen molar-refractivity contribution in [1.82, 2.24) is 0 Å². The Morgan fingerprint density at radius 2 is 2.23 bits per heavy atom. The molecule has 0 saturated carbocycles. The molecule has 0 saturated heterocycles. The zero-order valence-corrected chi connectivity index (χ0v) is 7.49. The van der Waals surface area contributed by atoms with Gasteiger partial charge in [-0.25, -0.2) is 0 Å². The average molecular weight is 192 g/mol. The second-order valence-electron chi connectivity index (χ2n) is 2.14. The third-order valence-corrected chi connectivity index (χ3v) is 1.48. The first kappa shape index (κ1) is 9.47. The third-order valence-electron chi connectivity index (χ3n) is 1.35. The Morgan fingerprint density at radius 1 is 1.46 bits per heavy atom. The van der Waals surface area contributed by atoms with E-state index in [0.29, 0.717) is 11.3 Å². The molecule has 0 aliphatic carbocycles. The van der Waals surface area contributed by atoms with Crippen molar-refractivity contribution in [2.75, 3.05) is 5.88 Å². The monoisotopic (exact) mass is 191 g/mol. The van der Waals surface area contributed by atoms with Crippen LogP contribution in [0.2, 0.25) is 0 Å². The molecule has 0 aromatic heterocycles. The number of benzene rings is 1. The largest absolute Gasteiger partial charge is 0.113 e. The van der Waals surface area contributed by atoms with Gasteiger partial charge in [0, 0.05) is 10.5 Å². The van der Waals surface area contributed by atoms with Crippen molar-refractivity contribution in [3.8, 4) is 11.8 Å². The first-order valence-electron chi connectivity index (χ1n) is 3.57. The van der Waals surface area contributed by atoms with Crippen molar-refractivity contribution in [3.05, 3.63) is 40.3 Å². The molecule has 0 unspecified atom stereocenters. The molecule has 0 spiro atoms. The molecule has 1 aromatic rings. The smallest absolute Gasteiger partial charge is 0.0839 e. The van der Waals surface area contributed by atoms with E-state index in [9.17, 15) is 0 Å². The first-order valence-corrected chi connectivity index (χ1v) is 4.11. The SMILES string of the molecule is [N-]=[N+]=Nc1ccccc1C#CCCl. The van der Waals surface area contributed by atoms with E-state index in [4.69, 9.17) is 17.1 Å². The van der Waals surface area contributed by atoms with Gasteiger partial charge in [-0.05, 0) is 11.6 Å². The van der Waals surface area contributed by atoms with Crippen LogP contribution in [0, 0.1) is 11.8 Å². The highest BCUT2D eigenvalue weighted by Crippen LogP contribution is 2.17. The summed E-state index contributed by atoms with van der Waals surface area (Å²) in [7, 11) is 0. The lowest BCUT2D eigenvalue weighted by Gasteiger charge is -1.93. The van der Waals surface area contributed by atoms with Crippen LogP contribution in [0.15, 0.2) is 29.4 Å². The molecule has 0 heterocycles. The van der Waals surface area contributed by atoms with Gasteiger partial charge in [0.1, 0.15) is 0 Å². The van der Waals surface area contributed by atoms with Crippen molar-refractivity contribution < 1.29 is 0 Å². The highest BCUT2D eigenvalue weighted by Gasteiger charge is 1.93. The standard InChI is InChI=1S/C9H6ClN3/c10-7-3-5-8-4-1-2-6-9(8)12-13-11/h1-2,4,6H,7H2. The highest BCUT2D eigenvalue weighted by atomic mass is 35.5. The number of alkyl halides is 1. The van der Waals surface area contributed by atoms with E-state index in [1.54, 1.807) is 18.2 Å². The molecular formula is C9H6ClN3. The van der Waals surface area contributed by atoms with Gasteiger partial charge in [-0.3, -0.25) is 0 Å². The number of hydrogen-bond acceptors (Lipinski definition) is 1. The van der Waals surface area contributed by atoms with E-state index in [0.717, 1.165) is 0 Å². The Hall–Kier alpha value is -1.62. The van der Waals surface area contributed by atoms with E-state index in [1.807, 2.05) is 6.07 Å². The molecular weight excluding hydrogens is 186 g/mol. The van der Waals surface area contributed by atoms with E-state index < -0.39 is 0 Å². The Balaban J connectivity index is 3.11. The highest BCUT2D eigenvalue weighted by molar-refractivity contribution is 6.19. The Morgan fingerprint density at radius 3 is 2.92 bits per heavy atom. The Labute approximate surface area is 81.0 Å². The van der Waals surface area contributed by atoms with Crippen molar-refractivity contribution in [2.45, 2.75) is 0 Å². The number of halogens is 1. The van der Waals surface area contributed by atoms with Crippen molar-refractivity contribution >= 4 is 17.3 Å². The van der Waals surface area contributed by atoms with Crippen molar-refractivity contribution in [1.29, 1.82) is 0 Å². The summed E-state index contributed by atoms with van der Waals surface area (Å²) in [6, 6.07) is 7.10. The molecule has 0 amide bonds. The quantitative estimate of drug-likeness (QED) is 0.215. The summed E-state index contributed by atoms with van der Waals surface area (Å²) in [4.78, 5) is 2.70. The van der Waals surface area contributed by atoms with Crippen molar-refractivity contribution in [2.24, 2.45) is 5.11 Å². The molecule has 1 rings (SSSR count). The van der Waals surface area contributed by atoms with E-state index in [-0.39, 0.29) is 5.88 Å². The number of rotatable bonds is 1. The minimum Gasteiger partial charge on any atom is -0.113 e. The van der Waals surface area contributed by atoms with Gasteiger partial charge in [0.15, 0.2) is 0 Å². The predicted octanol–water partition coefficient (Wildman–Crippen LogP) is 3.22. The van der Waals surface area contributed by atoms with Crippen LogP contribution in [0.1, 0.15) is 5.56 Å². The lowest BCUT2D eigenvalue weighted by molar-refractivity contribution is 1.45. The maximum Gasteiger partial charge on any atom is 0.0839 e. The van der Waals surface area contributed by atoms with Gasteiger partial charge in [-0.1, -0.05) is 35.2 Å². The topological polar surface area (TPSA) is 48.8 Å². The van der Waals surface area contributed by atoms with Crippen LogP contribution >= 0.6 is 11.6 Å². The normalized spacial score (nSPS) is 8.08. The summed E-state index contributed by atoms with van der Waals surface area (Å²) in [5, 5.41) is 3.49. The van der Waals surface area contributed by atoms with Gasteiger partial charge in [0.2, 0.25) is 0 Å². The molecule has 13 heavy (non-hydrogen) atoms. The summed E-state index contributed by atoms with van der Waals surface area (Å²) < 4.78 is 0. The van der Waals surface area contributed by atoms with E-state index >= 15 is 0 Å². The fraction of sp³-hybridized carbons (Fsp3) is 0.111. The van der Waals surface area contributed by atoms with Crippen molar-refractivity contribution in [3.63, 3.8) is 0 Å². The molecule has 0 atom stereocenters. The van der Waals surface area contributed by atoms with Gasteiger partial charge in [-0.15, -0.1) is 11.6 Å². The molecule has 0 N–H and O–H groups in total. The third kappa shape index (κ3) is 2.72. The summed E-state index contributed by atoms with van der Waals surface area (Å²) in [6.45, 7) is 0. The van der Waals surface area contributed by atoms with Crippen LogP contribution in [-0.2, 0) is 0 Å². The number of hydrogen-bond donors (Lipinski definition) is 0. The first-order chi connectivity index (χ1) is 6.38. The molecule has 0 bridgehead atoms. The van der Waals surface area contributed by atoms with E-state index in [2.05, 4.69) is 21.9 Å². The predicted molar refractivity (Wildman–Crippen MR) is 52.8 cm³/mol. The van der Waals surface area contributed by atoms with Gasteiger partial charge >= 0.3 is 0 Å².